The standard InChI is InChI=1S/C17H14BrN3O4/c18-15-9-14(22)7-6-13(15)10-19-20-17(24)12-4-1-11(2-5-12)3-8-16(23)21-25/h1-10,22,25H,(H,20,24)(H,21,23)/b8-3+,19-10+. The molecule has 0 aliphatic carbocycles. The fourth-order valence-electron chi connectivity index (χ4n) is 1.80. The molecule has 0 aliphatic rings. The number of hydrogen-bond acceptors (Lipinski definition) is 5. The average Bonchev–Trinajstić information content (AvgIpc) is 2.61. The summed E-state index contributed by atoms with van der Waals surface area (Å²) in [5.74, 6) is -0.912. The van der Waals surface area contributed by atoms with Crippen molar-refractivity contribution in [2.45, 2.75) is 0 Å². The molecule has 4 N–H and O–H groups in total. The Balaban J connectivity index is 1.97. The molecular weight excluding hydrogens is 390 g/mol. The molecule has 2 aromatic rings. The van der Waals surface area contributed by atoms with Crippen LogP contribution in [0.3, 0.4) is 0 Å². The summed E-state index contributed by atoms with van der Waals surface area (Å²) in [5.41, 5.74) is 5.67. The number of amides is 2. The van der Waals surface area contributed by atoms with Crippen molar-refractivity contribution in [2.24, 2.45) is 5.10 Å². The number of hydroxylamine groups is 1. The minimum Gasteiger partial charge on any atom is -0.508 e. The fourth-order valence-corrected chi connectivity index (χ4v) is 2.27. The van der Waals surface area contributed by atoms with Crippen molar-refractivity contribution in [3.63, 3.8) is 0 Å². The number of phenolic OH excluding ortho intramolecular Hbond substituents is 1. The van der Waals surface area contributed by atoms with E-state index in [1.54, 1.807) is 30.3 Å². The van der Waals surface area contributed by atoms with Crippen LogP contribution in [0, 0.1) is 0 Å². The highest BCUT2D eigenvalue weighted by molar-refractivity contribution is 9.10. The number of carbonyl (C=O) groups excluding carboxylic acids is 2. The molecular formula is C17H14BrN3O4. The Morgan fingerprint density at radius 1 is 1.12 bits per heavy atom. The van der Waals surface area contributed by atoms with Gasteiger partial charge in [0.25, 0.3) is 11.8 Å². The summed E-state index contributed by atoms with van der Waals surface area (Å²) >= 11 is 3.28. The molecule has 0 aliphatic heterocycles. The van der Waals surface area contributed by atoms with E-state index in [0.29, 0.717) is 21.2 Å². The van der Waals surface area contributed by atoms with Gasteiger partial charge >= 0.3 is 0 Å². The van der Waals surface area contributed by atoms with Crippen LogP contribution in [0.5, 0.6) is 5.75 Å². The van der Waals surface area contributed by atoms with Crippen molar-refractivity contribution in [2.75, 3.05) is 0 Å². The Morgan fingerprint density at radius 3 is 2.48 bits per heavy atom. The number of rotatable bonds is 5. The van der Waals surface area contributed by atoms with Crippen LogP contribution in [0.25, 0.3) is 6.08 Å². The molecule has 0 unspecified atom stereocenters. The van der Waals surface area contributed by atoms with Gasteiger partial charge in [-0.2, -0.15) is 5.10 Å². The zero-order chi connectivity index (χ0) is 18.2. The lowest BCUT2D eigenvalue weighted by molar-refractivity contribution is -0.124. The second-order valence-corrected chi connectivity index (χ2v) is 5.69. The van der Waals surface area contributed by atoms with Crippen LogP contribution < -0.4 is 10.9 Å². The molecule has 2 aromatic carbocycles. The summed E-state index contributed by atoms with van der Waals surface area (Å²) in [6.45, 7) is 0. The lowest BCUT2D eigenvalue weighted by Crippen LogP contribution is -2.17. The van der Waals surface area contributed by atoms with Gasteiger partial charge < -0.3 is 5.11 Å². The number of hydrogen-bond donors (Lipinski definition) is 4. The van der Waals surface area contributed by atoms with E-state index >= 15 is 0 Å². The molecule has 0 aromatic heterocycles. The Labute approximate surface area is 151 Å². The van der Waals surface area contributed by atoms with Crippen LogP contribution in [-0.2, 0) is 4.79 Å². The van der Waals surface area contributed by atoms with Gasteiger partial charge in [-0.1, -0.05) is 12.1 Å². The Morgan fingerprint density at radius 2 is 1.84 bits per heavy atom. The van der Waals surface area contributed by atoms with Gasteiger partial charge in [0.1, 0.15) is 5.75 Å². The van der Waals surface area contributed by atoms with E-state index in [1.165, 1.54) is 29.9 Å². The summed E-state index contributed by atoms with van der Waals surface area (Å²) in [6, 6.07) is 11.1. The maximum atomic E-state index is 12.0. The van der Waals surface area contributed by atoms with Gasteiger partial charge in [-0.15, -0.1) is 0 Å². The Kier molecular flexibility index (Phi) is 6.44. The molecule has 2 rings (SSSR count). The quantitative estimate of drug-likeness (QED) is 0.266. The van der Waals surface area contributed by atoms with Crippen molar-refractivity contribution in [1.82, 2.24) is 10.9 Å². The first-order valence-corrected chi connectivity index (χ1v) is 7.83. The second-order valence-electron chi connectivity index (χ2n) is 4.84. The van der Waals surface area contributed by atoms with Gasteiger partial charge in [0.05, 0.1) is 6.21 Å². The van der Waals surface area contributed by atoms with Gasteiger partial charge in [-0.3, -0.25) is 14.8 Å². The lowest BCUT2D eigenvalue weighted by atomic mass is 10.1. The van der Waals surface area contributed by atoms with Gasteiger partial charge in [-0.25, -0.2) is 10.9 Å². The number of nitrogens with one attached hydrogen (secondary N) is 2. The normalized spacial score (nSPS) is 11.0. The molecule has 2 amide bonds. The smallest absolute Gasteiger partial charge is 0.271 e. The highest BCUT2D eigenvalue weighted by Crippen LogP contribution is 2.20. The van der Waals surface area contributed by atoms with Crippen molar-refractivity contribution in [3.05, 3.63) is 69.7 Å². The highest BCUT2D eigenvalue weighted by atomic mass is 79.9. The molecule has 0 saturated carbocycles. The van der Waals surface area contributed by atoms with Gasteiger partial charge in [0.15, 0.2) is 0 Å². The van der Waals surface area contributed by atoms with Crippen LogP contribution in [0.15, 0.2) is 58.1 Å². The molecule has 128 valence electrons. The Bertz CT molecular complexity index is 832. The van der Waals surface area contributed by atoms with E-state index in [4.69, 9.17) is 5.21 Å². The minimum absolute atomic E-state index is 0.124. The van der Waals surface area contributed by atoms with E-state index in [1.807, 2.05) is 0 Å². The third-order valence-corrected chi connectivity index (χ3v) is 3.75. The van der Waals surface area contributed by atoms with Crippen molar-refractivity contribution in [3.8, 4) is 5.75 Å². The maximum Gasteiger partial charge on any atom is 0.271 e. The molecule has 0 heterocycles. The topological polar surface area (TPSA) is 111 Å². The Hall–Kier alpha value is -2.97. The number of benzene rings is 2. The SMILES string of the molecule is O=C(/C=C/c1ccc(C(=O)N/N=C/c2ccc(O)cc2Br)cc1)NO. The molecule has 0 saturated heterocycles. The predicted octanol–water partition coefficient (Wildman–Crippen LogP) is 2.44. The summed E-state index contributed by atoms with van der Waals surface area (Å²) in [7, 11) is 0. The zero-order valence-electron chi connectivity index (χ0n) is 12.8. The number of nitrogens with zero attached hydrogens (tertiary/aromatic N) is 1. The molecule has 25 heavy (non-hydrogen) atoms. The molecule has 0 fully saturated rings. The molecule has 7 nitrogen and oxygen atoms in total. The number of phenols is 1. The van der Waals surface area contributed by atoms with Crippen LogP contribution in [0.4, 0.5) is 0 Å². The first-order chi connectivity index (χ1) is 12.0. The lowest BCUT2D eigenvalue weighted by Gasteiger charge is -2.02. The first kappa shape index (κ1) is 18.4. The van der Waals surface area contributed by atoms with E-state index in [2.05, 4.69) is 26.5 Å². The van der Waals surface area contributed by atoms with Crippen LogP contribution in [0.2, 0.25) is 0 Å². The molecule has 0 bridgehead atoms. The van der Waals surface area contributed by atoms with Crippen molar-refractivity contribution >= 4 is 40.0 Å². The van der Waals surface area contributed by atoms with Gasteiger partial charge in [-0.05, 0) is 57.9 Å². The average molecular weight is 404 g/mol. The van der Waals surface area contributed by atoms with Crippen LogP contribution in [0.1, 0.15) is 21.5 Å². The molecule has 0 radical (unpaired) electrons. The van der Waals surface area contributed by atoms with Crippen molar-refractivity contribution < 1.29 is 19.9 Å². The third-order valence-electron chi connectivity index (χ3n) is 3.06. The van der Waals surface area contributed by atoms with Gasteiger partial charge in [0, 0.05) is 21.7 Å². The number of hydrazone groups is 1. The third kappa shape index (κ3) is 5.55. The summed E-state index contributed by atoms with van der Waals surface area (Å²) in [5, 5.41) is 21.6. The van der Waals surface area contributed by atoms with E-state index < -0.39 is 11.8 Å². The maximum absolute atomic E-state index is 12.0. The van der Waals surface area contributed by atoms with Crippen LogP contribution >= 0.6 is 15.9 Å². The first-order valence-electron chi connectivity index (χ1n) is 7.04. The van der Waals surface area contributed by atoms with Crippen LogP contribution in [-0.4, -0.2) is 28.3 Å². The molecule has 0 atom stereocenters. The van der Waals surface area contributed by atoms with E-state index in [-0.39, 0.29) is 5.75 Å². The van der Waals surface area contributed by atoms with Gasteiger partial charge in [0.2, 0.25) is 0 Å². The highest BCUT2D eigenvalue weighted by Gasteiger charge is 2.04. The fraction of sp³-hybridized carbons (Fsp3) is 0. The number of carbonyl (C=O) groups is 2. The molecule has 8 heteroatoms. The van der Waals surface area contributed by atoms with E-state index in [9.17, 15) is 14.7 Å². The number of aromatic hydroxyl groups is 1. The predicted molar refractivity (Wildman–Crippen MR) is 96.3 cm³/mol. The monoisotopic (exact) mass is 403 g/mol. The summed E-state index contributed by atoms with van der Waals surface area (Å²) < 4.78 is 0.647. The van der Waals surface area contributed by atoms with Crippen molar-refractivity contribution in [1.29, 1.82) is 0 Å². The van der Waals surface area contributed by atoms with E-state index in [0.717, 1.165) is 6.08 Å². The second kappa shape index (κ2) is 8.76. The summed E-state index contributed by atoms with van der Waals surface area (Å²) in [4.78, 5) is 22.9. The minimum atomic E-state index is -0.642. The summed E-state index contributed by atoms with van der Waals surface area (Å²) in [6.07, 6.45) is 4.11. The number of halogens is 1. The molecule has 0 spiro atoms. The zero-order valence-corrected chi connectivity index (χ0v) is 14.4. The largest absolute Gasteiger partial charge is 0.508 e.